The summed E-state index contributed by atoms with van der Waals surface area (Å²) in [4.78, 5) is 14.6. The zero-order chi connectivity index (χ0) is 24.0. The molecule has 0 unspecified atom stereocenters. The molecule has 0 atom stereocenters. The lowest BCUT2D eigenvalue weighted by molar-refractivity contribution is 0.0784. The van der Waals surface area contributed by atoms with Crippen molar-refractivity contribution in [2.45, 2.75) is 11.4 Å². The van der Waals surface area contributed by atoms with Crippen molar-refractivity contribution in [3.63, 3.8) is 0 Å². The molecule has 172 valence electrons. The van der Waals surface area contributed by atoms with Gasteiger partial charge in [0.2, 0.25) is 0 Å². The standard InChI is InChI=1S/C25H25ClN2O4S/c1-4-16-28(23-14-7-6-13-22(23)26)33(30,31)21-12-9-11-19(17-21)25(29)27(2)18-20-10-5-8-15-24(20)32-3/h4-15,17H,1,16,18H2,2-3H3. The Morgan fingerprint density at radius 3 is 2.45 bits per heavy atom. The predicted molar refractivity (Wildman–Crippen MR) is 131 cm³/mol. The Labute approximate surface area is 199 Å². The van der Waals surface area contributed by atoms with Gasteiger partial charge in [-0.25, -0.2) is 8.42 Å². The number of methoxy groups -OCH3 is 1. The lowest BCUT2D eigenvalue weighted by atomic mass is 10.1. The third-order valence-corrected chi connectivity index (χ3v) is 7.13. The third-order valence-electron chi connectivity index (χ3n) is 5.03. The van der Waals surface area contributed by atoms with Gasteiger partial charge in [-0.05, 0) is 36.4 Å². The molecular weight excluding hydrogens is 460 g/mol. The summed E-state index contributed by atoms with van der Waals surface area (Å²) in [6.07, 6.45) is 1.48. The minimum atomic E-state index is -4.00. The first-order valence-corrected chi connectivity index (χ1v) is 12.0. The average molecular weight is 485 g/mol. The fourth-order valence-electron chi connectivity index (χ4n) is 3.40. The van der Waals surface area contributed by atoms with E-state index in [2.05, 4.69) is 6.58 Å². The van der Waals surface area contributed by atoms with Crippen LogP contribution in [-0.4, -0.2) is 39.9 Å². The monoisotopic (exact) mass is 484 g/mol. The molecule has 6 nitrogen and oxygen atoms in total. The average Bonchev–Trinajstić information content (AvgIpc) is 2.83. The van der Waals surface area contributed by atoms with Crippen LogP contribution >= 0.6 is 11.6 Å². The highest BCUT2D eigenvalue weighted by Gasteiger charge is 2.27. The minimum absolute atomic E-state index is 0.0131. The number of ether oxygens (including phenoxy) is 1. The Bertz CT molecular complexity index is 1260. The molecule has 3 aromatic carbocycles. The van der Waals surface area contributed by atoms with Crippen LogP contribution in [0.2, 0.25) is 5.02 Å². The van der Waals surface area contributed by atoms with Gasteiger partial charge in [0.15, 0.2) is 0 Å². The largest absolute Gasteiger partial charge is 0.496 e. The van der Waals surface area contributed by atoms with Crippen LogP contribution in [0.5, 0.6) is 5.75 Å². The van der Waals surface area contributed by atoms with Gasteiger partial charge in [0.1, 0.15) is 5.75 Å². The lowest BCUT2D eigenvalue weighted by Gasteiger charge is -2.24. The number of sulfonamides is 1. The van der Waals surface area contributed by atoms with Crippen LogP contribution in [-0.2, 0) is 16.6 Å². The number of benzene rings is 3. The Morgan fingerprint density at radius 1 is 1.06 bits per heavy atom. The highest BCUT2D eigenvalue weighted by atomic mass is 35.5. The summed E-state index contributed by atoms with van der Waals surface area (Å²) in [7, 11) is -0.774. The van der Waals surface area contributed by atoms with Crippen LogP contribution in [0.4, 0.5) is 5.69 Å². The van der Waals surface area contributed by atoms with E-state index in [-0.39, 0.29) is 22.9 Å². The van der Waals surface area contributed by atoms with Gasteiger partial charge in [-0.15, -0.1) is 6.58 Å². The Morgan fingerprint density at radius 2 is 1.76 bits per heavy atom. The molecular formula is C25H25ClN2O4S. The fraction of sp³-hybridized carbons (Fsp3) is 0.160. The molecule has 0 heterocycles. The molecule has 0 spiro atoms. The second-order valence-corrected chi connectivity index (χ2v) is 9.55. The molecule has 33 heavy (non-hydrogen) atoms. The molecule has 0 aromatic heterocycles. The van der Waals surface area contributed by atoms with E-state index >= 15 is 0 Å². The van der Waals surface area contributed by atoms with Gasteiger partial charge in [0.05, 0.1) is 29.3 Å². The van der Waals surface area contributed by atoms with Gasteiger partial charge in [0.25, 0.3) is 15.9 Å². The van der Waals surface area contributed by atoms with Gasteiger partial charge in [-0.3, -0.25) is 9.10 Å². The number of halogens is 1. The second-order valence-electron chi connectivity index (χ2n) is 7.28. The molecule has 0 N–H and O–H groups in total. The summed E-state index contributed by atoms with van der Waals surface area (Å²) in [6, 6.07) is 20.1. The predicted octanol–water partition coefficient (Wildman–Crippen LogP) is 5.00. The Balaban J connectivity index is 1.92. The zero-order valence-corrected chi connectivity index (χ0v) is 20.0. The second kappa shape index (κ2) is 10.6. The summed E-state index contributed by atoms with van der Waals surface area (Å²) in [6.45, 7) is 4.00. The van der Waals surface area contributed by atoms with Crippen LogP contribution in [0, 0.1) is 0 Å². The fourth-order valence-corrected chi connectivity index (χ4v) is 5.18. The summed E-state index contributed by atoms with van der Waals surface area (Å²) in [5.74, 6) is 0.360. The first-order valence-electron chi connectivity index (χ1n) is 10.1. The van der Waals surface area contributed by atoms with Crippen molar-refractivity contribution < 1.29 is 17.9 Å². The SMILES string of the molecule is C=CCN(c1ccccc1Cl)S(=O)(=O)c1cccc(C(=O)N(C)Cc2ccccc2OC)c1. The van der Waals surface area contributed by atoms with Crippen molar-refractivity contribution in [3.8, 4) is 5.75 Å². The number of nitrogens with zero attached hydrogens (tertiary/aromatic N) is 2. The summed E-state index contributed by atoms with van der Waals surface area (Å²) in [5, 5.41) is 0.298. The zero-order valence-electron chi connectivity index (χ0n) is 18.4. The van der Waals surface area contributed by atoms with E-state index in [4.69, 9.17) is 16.3 Å². The molecule has 3 aromatic rings. The summed E-state index contributed by atoms with van der Waals surface area (Å²) >= 11 is 6.26. The van der Waals surface area contributed by atoms with E-state index < -0.39 is 10.0 Å². The van der Waals surface area contributed by atoms with Crippen LogP contribution in [0.15, 0.2) is 90.3 Å². The van der Waals surface area contributed by atoms with Crippen molar-refractivity contribution in [2.24, 2.45) is 0 Å². The highest BCUT2D eigenvalue weighted by Crippen LogP contribution is 2.30. The summed E-state index contributed by atoms with van der Waals surface area (Å²) < 4.78 is 33.5. The molecule has 0 aliphatic rings. The van der Waals surface area contributed by atoms with Crippen LogP contribution in [0.3, 0.4) is 0 Å². The highest BCUT2D eigenvalue weighted by molar-refractivity contribution is 7.92. The van der Waals surface area contributed by atoms with Crippen molar-refractivity contribution in [2.75, 3.05) is 25.0 Å². The van der Waals surface area contributed by atoms with Gasteiger partial charge >= 0.3 is 0 Å². The maximum absolute atomic E-state index is 13.5. The molecule has 0 saturated heterocycles. The van der Waals surface area contributed by atoms with Crippen molar-refractivity contribution in [1.82, 2.24) is 4.90 Å². The molecule has 0 radical (unpaired) electrons. The molecule has 0 bridgehead atoms. The minimum Gasteiger partial charge on any atom is -0.496 e. The van der Waals surface area contributed by atoms with Gasteiger partial charge < -0.3 is 9.64 Å². The third kappa shape index (κ3) is 5.38. The molecule has 0 fully saturated rings. The van der Waals surface area contributed by atoms with E-state index in [9.17, 15) is 13.2 Å². The van der Waals surface area contributed by atoms with Crippen molar-refractivity contribution in [1.29, 1.82) is 0 Å². The first-order chi connectivity index (χ1) is 15.8. The number of carbonyl (C=O) groups is 1. The summed E-state index contributed by atoms with van der Waals surface area (Å²) in [5.41, 5.74) is 1.44. The van der Waals surface area contributed by atoms with E-state index in [0.29, 0.717) is 23.0 Å². The number of anilines is 1. The molecule has 1 amide bonds. The van der Waals surface area contributed by atoms with E-state index in [1.165, 1.54) is 27.4 Å². The van der Waals surface area contributed by atoms with Gasteiger partial charge in [-0.1, -0.05) is 54.1 Å². The van der Waals surface area contributed by atoms with Crippen LogP contribution in [0.1, 0.15) is 15.9 Å². The Hall–Kier alpha value is -3.29. The number of hydrogen-bond acceptors (Lipinski definition) is 4. The number of para-hydroxylation sites is 2. The van der Waals surface area contributed by atoms with Gasteiger partial charge in [-0.2, -0.15) is 0 Å². The molecule has 3 rings (SSSR count). The van der Waals surface area contributed by atoms with E-state index in [1.807, 2.05) is 24.3 Å². The number of amides is 1. The van der Waals surface area contributed by atoms with Crippen molar-refractivity contribution in [3.05, 3.63) is 102 Å². The normalized spacial score (nSPS) is 11.0. The topological polar surface area (TPSA) is 66.9 Å². The van der Waals surface area contributed by atoms with Gasteiger partial charge in [0, 0.05) is 24.7 Å². The maximum atomic E-state index is 13.5. The van der Waals surface area contributed by atoms with E-state index in [1.54, 1.807) is 50.6 Å². The van der Waals surface area contributed by atoms with Crippen LogP contribution in [0.25, 0.3) is 0 Å². The first kappa shape index (κ1) is 24.4. The number of hydrogen-bond donors (Lipinski definition) is 0. The molecule has 8 heteroatoms. The smallest absolute Gasteiger partial charge is 0.264 e. The molecule has 0 aliphatic carbocycles. The van der Waals surface area contributed by atoms with Crippen LogP contribution < -0.4 is 9.04 Å². The number of carbonyl (C=O) groups excluding carboxylic acids is 1. The van der Waals surface area contributed by atoms with Crippen molar-refractivity contribution >= 4 is 33.2 Å². The molecule has 0 saturated carbocycles. The number of rotatable bonds is 9. The Kier molecular flexibility index (Phi) is 7.79. The lowest BCUT2D eigenvalue weighted by Crippen LogP contribution is -2.32. The maximum Gasteiger partial charge on any atom is 0.264 e. The quantitative estimate of drug-likeness (QED) is 0.401. The molecule has 0 aliphatic heterocycles. The van der Waals surface area contributed by atoms with E-state index in [0.717, 1.165) is 5.56 Å².